The Kier molecular flexibility index (Phi) is 5.66. The number of piperazine rings is 1. The Balaban J connectivity index is 1.24. The minimum atomic E-state index is -0.175. The maximum absolute atomic E-state index is 13.1. The molecule has 1 saturated carbocycles. The van der Waals surface area contributed by atoms with Crippen LogP contribution in [0.2, 0.25) is 5.02 Å². The van der Waals surface area contributed by atoms with Gasteiger partial charge in [-0.3, -0.25) is 9.59 Å². The van der Waals surface area contributed by atoms with Crippen LogP contribution in [0.15, 0.2) is 54.6 Å². The quantitative estimate of drug-likeness (QED) is 0.599. The van der Waals surface area contributed by atoms with Crippen molar-refractivity contribution in [1.82, 2.24) is 24.6 Å². The fraction of sp³-hybridized carbons (Fsp3) is 0.333. The van der Waals surface area contributed by atoms with E-state index in [4.69, 9.17) is 11.6 Å². The molecule has 2 heterocycles. The number of amides is 2. The van der Waals surface area contributed by atoms with Gasteiger partial charge in [-0.05, 0) is 42.7 Å². The first-order chi connectivity index (χ1) is 15.6. The van der Waals surface area contributed by atoms with Crippen molar-refractivity contribution in [3.63, 3.8) is 0 Å². The van der Waals surface area contributed by atoms with E-state index in [0.29, 0.717) is 43.5 Å². The summed E-state index contributed by atoms with van der Waals surface area (Å²) in [4.78, 5) is 33.9. The molecule has 0 N–H and O–H groups in total. The van der Waals surface area contributed by atoms with E-state index in [-0.39, 0.29) is 17.6 Å². The third-order valence-electron chi connectivity index (χ3n) is 5.95. The standard InChI is InChI=1S/C24H24ClN5O2/c25-19-10-6-17(7-11-19)16-21(31)28-12-14-29(15-13-28)24(32)22-26-23(18-8-9-18)30(27-22)20-4-2-1-3-5-20/h1-7,10-11,18H,8-9,12-16H2. The van der Waals surface area contributed by atoms with Gasteiger partial charge >= 0.3 is 0 Å². The zero-order valence-corrected chi connectivity index (χ0v) is 18.4. The summed E-state index contributed by atoms with van der Waals surface area (Å²) in [6.07, 6.45) is 2.49. The molecule has 0 bridgehead atoms. The maximum atomic E-state index is 13.1. The molecular weight excluding hydrogens is 426 g/mol. The Bertz CT molecular complexity index is 1120. The summed E-state index contributed by atoms with van der Waals surface area (Å²) >= 11 is 5.92. The monoisotopic (exact) mass is 449 g/mol. The van der Waals surface area contributed by atoms with Gasteiger partial charge in [-0.15, -0.1) is 5.10 Å². The van der Waals surface area contributed by atoms with E-state index < -0.39 is 0 Å². The number of aromatic nitrogens is 3. The van der Waals surface area contributed by atoms with E-state index in [1.165, 1.54) is 0 Å². The van der Waals surface area contributed by atoms with Gasteiger partial charge in [0.15, 0.2) is 0 Å². The second kappa shape index (κ2) is 8.74. The minimum Gasteiger partial charge on any atom is -0.339 e. The number of hydrogen-bond donors (Lipinski definition) is 0. The summed E-state index contributed by atoms with van der Waals surface area (Å²) in [6, 6.07) is 17.1. The van der Waals surface area contributed by atoms with Gasteiger partial charge in [0.2, 0.25) is 11.7 Å². The molecule has 2 aliphatic rings. The molecule has 0 radical (unpaired) electrons. The van der Waals surface area contributed by atoms with Gasteiger partial charge < -0.3 is 9.80 Å². The first-order valence-electron chi connectivity index (χ1n) is 10.9. The summed E-state index contributed by atoms with van der Waals surface area (Å²) in [7, 11) is 0. The molecule has 1 aliphatic carbocycles. The van der Waals surface area contributed by atoms with Crippen LogP contribution in [0.3, 0.4) is 0 Å². The molecule has 32 heavy (non-hydrogen) atoms. The molecule has 2 amide bonds. The molecule has 8 heteroatoms. The van der Waals surface area contributed by atoms with E-state index >= 15 is 0 Å². The largest absolute Gasteiger partial charge is 0.339 e. The average molecular weight is 450 g/mol. The number of carbonyl (C=O) groups is 2. The van der Waals surface area contributed by atoms with Crippen LogP contribution in [0.1, 0.15) is 40.8 Å². The van der Waals surface area contributed by atoms with E-state index in [1.54, 1.807) is 21.7 Å². The van der Waals surface area contributed by atoms with Gasteiger partial charge in [-0.25, -0.2) is 9.67 Å². The van der Waals surface area contributed by atoms with Crippen molar-refractivity contribution in [3.8, 4) is 5.69 Å². The first-order valence-corrected chi connectivity index (χ1v) is 11.3. The fourth-order valence-corrected chi connectivity index (χ4v) is 4.09. The van der Waals surface area contributed by atoms with Crippen LogP contribution < -0.4 is 0 Å². The Morgan fingerprint density at radius 3 is 2.22 bits per heavy atom. The van der Waals surface area contributed by atoms with Gasteiger partial charge in [0.25, 0.3) is 5.91 Å². The third-order valence-corrected chi connectivity index (χ3v) is 6.21. The number of hydrogen-bond acceptors (Lipinski definition) is 4. The lowest BCUT2D eigenvalue weighted by molar-refractivity contribution is -0.131. The van der Waals surface area contributed by atoms with Crippen LogP contribution in [-0.4, -0.2) is 62.6 Å². The molecule has 0 unspecified atom stereocenters. The van der Waals surface area contributed by atoms with Crippen LogP contribution in [0, 0.1) is 0 Å². The average Bonchev–Trinajstić information content (AvgIpc) is 3.58. The molecule has 2 aromatic carbocycles. The normalized spacial score (nSPS) is 16.3. The predicted octanol–water partition coefficient (Wildman–Crippen LogP) is 3.33. The first kappa shape index (κ1) is 20.7. The molecule has 1 saturated heterocycles. The van der Waals surface area contributed by atoms with Crippen molar-refractivity contribution in [1.29, 1.82) is 0 Å². The van der Waals surface area contributed by atoms with Gasteiger partial charge in [-0.1, -0.05) is 41.9 Å². The zero-order chi connectivity index (χ0) is 22.1. The number of carbonyl (C=O) groups excluding carboxylic acids is 2. The van der Waals surface area contributed by atoms with Crippen LogP contribution in [0.5, 0.6) is 0 Å². The fourth-order valence-electron chi connectivity index (χ4n) is 3.97. The van der Waals surface area contributed by atoms with Crippen molar-refractivity contribution in [2.45, 2.75) is 25.2 Å². The highest BCUT2D eigenvalue weighted by Gasteiger charge is 2.33. The highest BCUT2D eigenvalue weighted by molar-refractivity contribution is 6.30. The van der Waals surface area contributed by atoms with E-state index in [1.807, 2.05) is 47.4 Å². The second-order valence-electron chi connectivity index (χ2n) is 8.29. The number of nitrogens with zero attached hydrogens (tertiary/aromatic N) is 5. The molecule has 164 valence electrons. The highest BCUT2D eigenvalue weighted by Crippen LogP contribution is 2.39. The highest BCUT2D eigenvalue weighted by atomic mass is 35.5. The van der Waals surface area contributed by atoms with Crippen molar-refractivity contribution in [2.75, 3.05) is 26.2 Å². The predicted molar refractivity (Wildman–Crippen MR) is 121 cm³/mol. The summed E-state index contributed by atoms with van der Waals surface area (Å²) in [5.41, 5.74) is 1.85. The smallest absolute Gasteiger partial charge is 0.293 e. The summed E-state index contributed by atoms with van der Waals surface area (Å²) in [6.45, 7) is 1.97. The molecule has 1 aliphatic heterocycles. The lowest BCUT2D eigenvalue weighted by atomic mass is 10.1. The van der Waals surface area contributed by atoms with Crippen LogP contribution in [-0.2, 0) is 11.2 Å². The van der Waals surface area contributed by atoms with E-state index in [2.05, 4.69) is 10.1 Å². The van der Waals surface area contributed by atoms with Crippen molar-refractivity contribution in [3.05, 3.63) is 76.8 Å². The SMILES string of the molecule is O=C(Cc1ccc(Cl)cc1)N1CCN(C(=O)c2nc(C3CC3)n(-c3ccccc3)n2)CC1. The Morgan fingerprint density at radius 1 is 0.906 bits per heavy atom. The number of halogens is 1. The van der Waals surface area contributed by atoms with Crippen molar-refractivity contribution >= 4 is 23.4 Å². The van der Waals surface area contributed by atoms with Gasteiger partial charge in [0.05, 0.1) is 12.1 Å². The van der Waals surface area contributed by atoms with Crippen LogP contribution in [0.25, 0.3) is 5.69 Å². The lowest BCUT2D eigenvalue weighted by Gasteiger charge is -2.34. The van der Waals surface area contributed by atoms with E-state index in [9.17, 15) is 9.59 Å². The molecule has 0 atom stereocenters. The Hall–Kier alpha value is -3.19. The van der Waals surface area contributed by atoms with E-state index in [0.717, 1.165) is 29.9 Å². The number of para-hydroxylation sites is 1. The van der Waals surface area contributed by atoms with Crippen LogP contribution in [0.4, 0.5) is 0 Å². The molecule has 5 rings (SSSR count). The summed E-state index contributed by atoms with van der Waals surface area (Å²) in [5, 5.41) is 5.21. The molecule has 2 fully saturated rings. The second-order valence-corrected chi connectivity index (χ2v) is 8.73. The van der Waals surface area contributed by atoms with Crippen LogP contribution >= 0.6 is 11.6 Å². The zero-order valence-electron chi connectivity index (χ0n) is 17.7. The van der Waals surface area contributed by atoms with Crippen molar-refractivity contribution < 1.29 is 9.59 Å². The number of rotatable bonds is 5. The van der Waals surface area contributed by atoms with Gasteiger partial charge in [-0.2, -0.15) is 0 Å². The van der Waals surface area contributed by atoms with Gasteiger partial charge in [0.1, 0.15) is 5.82 Å². The maximum Gasteiger partial charge on any atom is 0.293 e. The molecule has 3 aromatic rings. The summed E-state index contributed by atoms with van der Waals surface area (Å²) in [5.74, 6) is 1.34. The minimum absolute atomic E-state index is 0.0573. The summed E-state index contributed by atoms with van der Waals surface area (Å²) < 4.78 is 1.80. The number of benzene rings is 2. The molecule has 1 aromatic heterocycles. The van der Waals surface area contributed by atoms with Crippen molar-refractivity contribution in [2.24, 2.45) is 0 Å². The third kappa shape index (κ3) is 4.39. The Morgan fingerprint density at radius 2 is 1.56 bits per heavy atom. The van der Waals surface area contributed by atoms with Gasteiger partial charge in [0, 0.05) is 37.1 Å². The topological polar surface area (TPSA) is 71.3 Å². The lowest BCUT2D eigenvalue weighted by Crippen LogP contribution is -2.51. The molecule has 0 spiro atoms. The Labute approximate surface area is 191 Å². The molecule has 7 nitrogen and oxygen atoms in total. The molecular formula is C24H24ClN5O2.